The molecule has 2 aliphatic carbocycles. The summed E-state index contributed by atoms with van der Waals surface area (Å²) in [5, 5.41) is 12.4. The van der Waals surface area contributed by atoms with Crippen LogP contribution in [-0.2, 0) is 24.3 Å². The molecular weight excluding hydrogens is 448 g/mol. The van der Waals surface area contributed by atoms with E-state index in [1.54, 1.807) is 12.1 Å². The molecule has 1 aromatic carbocycles. The second kappa shape index (κ2) is 10.4. The van der Waals surface area contributed by atoms with Crippen molar-refractivity contribution < 1.29 is 32.5 Å². The zero-order chi connectivity index (χ0) is 23.4. The fraction of sp³-hybridized carbons (Fsp3) is 0.609. The highest BCUT2D eigenvalue weighted by molar-refractivity contribution is 7.89. The van der Waals surface area contributed by atoms with E-state index < -0.39 is 16.3 Å². The molecule has 9 nitrogen and oxygen atoms in total. The second-order valence-corrected chi connectivity index (χ2v) is 10.7. The van der Waals surface area contributed by atoms with E-state index in [2.05, 4.69) is 5.32 Å². The van der Waals surface area contributed by atoms with Crippen LogP contribution >= 0.6 is 0 Å². The minimum Gasteiger partial charge on any atom is -0.497 e. The van der Waals surface area contributed by atoms with Crippen LogP contribution in [0.2, 0.25) is 0 Å². The summed E-state index contributed by atoms with van der Waals surface area (Å²) in [6.45, 7) is -0.235. The van der Waals surface area contributed by atoms with Crippen molar-refractivity contribution in [1.82, 2.24) is 9.62 Å². The highest BCUT2D eigenvalue weighted by Gasteiger charge is 2.38. The molecule has 1 aliphatic heterocycles. The van der Waals surface area contributed by atoms with E-state index in [9.17, 15) is 18.3 Å². The summed E-state index contributed by atoms with van der Waals surface area (Å²) in [5.41, 5.74) is 0. The van der Waals surface area contributed by atoms with Crippen molar-refractivity contribution >= 4 is 15.9 Å². The number of nitrogens with one attached hydrogen (secondary N) is 1. The first-order chi connectivity index (χ1) is 15.9. The Hall–Kier alpha value is -2.14. The lowest BCUT2D eigenvalue weighted by atomic mass is 9.96. The van der Waals surface area contributed by atoms with Crippen LogP contribution in [0.25, 0.3) is 0 Å². The normalized spacial score (nSPS) is 23.1. The van der Waals surface area contributed by atoms with Crippen molar-refractivity contribution in [2.45, 2.75) is 49.3 Å². The number of carbonyl (C=O) groups is 1. The lowest BCUT2D eigenvalue weighted by Crippen LogP contribution is -2.38. The Morgan fingerprint density at radius 3 is 2.52 bits per heavy atom. The summed E-state index contributed by atoms with van der Waals surface area (Å²) in [4.78, 5) is 12.6. The molecule has 2 fully saturated rings. The van der Waals surface area contributed by atoms with E-state index in [1.165, 1.54) is 23.5 Å². The van der Waals surface area contributed by atoms with Crippen LogP contribution in [0.3, 0.4) is 0 Å². The van der Waals surface area contributed by atoms with Gasteiger partial charge in [-0.2, -0.15) is 4.31 Å². The van der Waals surface area contributed by atoms with Gasteiger partial charge in [0.25, 0.3) is 5.91 Å². The third kappa shape index (κ3) is 6.26. The first-order valence-electron chi connectivity index (χ1n) is 11.5. The average molecular weight is 481 g/mol. The fourth-order valence-corrected chi connectivity index (χ4v) is 5.34. The van der Waals surface area contributed by atoms with Crippen molar-refractivity contribution in [2.75, 3.05) is 33.4 Å². The van der Waals surface area contributed by atoms with Gasteiger partial charge >= 0.3 is 0 Å². The highest BCUT2D eigenvalue weighted by Crippen LogP contribution is 2.42. The van der Waals surface area contributed by atoms with Crippen molar-refractivity contribution in [2.24, 2.45) is 11.8 Å². The minimum atomic E-state index is -3.81. The van der Waals surface area contributed by atoms with E-state index in [0.29, 0.717) is 23.8 Å². The van der Waals surface area contributed by atoms with Crippen LogP contribution in [0, 0.1) is 11.8 Å². The minimum absolute atomic E-state index is 0.0518. The molecule has 0 radical (unpaired) electrons. The van der Waals surface area contributed by atoms with E-state index in [-0.39, 0.29) is 49.1 Å². The fourth-order valence-electron chi connectivity index (χ4n) is 3.93. The molecule has 4 rings (SSSR count). The number of hydrogen-bond acceptors (Lipinski definition) is 7. The van der Waals surface area contributed by atoms with Crippen LogP contribution < -0.4 is 10.1 Å². The van der Waals surface area contributed by atoms with Gasteiger partial charge in [-0.1, -0.05) is 0 Å². The van der Waals surface area contributed by atoms with Crippen molar-refractivity contribution in [3.63, 3.8) is 0 Å². The molecule has 0 saturated heterocycles. The lowest BCUT2D eigenvalue weighted by Gasteiger charge is -2.30. The van der Waals surface area contributed by atoms with Gasteiger partial charge in [-0.05, 0) is 67.9 Å². The lowest BCUT2D eigenvalue weighted by molar-refractivity contribution is -0.150. The summed E-state index contributed by atoms with van der Waals surface area (Å²) < 4.78 is 44.0. The number of aliphatic hydroxyl groups excluding tert-OH is 1. The number of sulfonamides is 1. The standard InChI is InChI=1S/C23H32N2O7S/c1-30-19-6-8-20(9-7-19)33(28,29)25(10-12-26)11-13-31-22-15-17(16-2-3-16)14-21(32-22)23(27)24-18-4-5-18/h6-9,14,16-18,22,26H,2-5,10-13,15H2,1H3,(H,24,27)/t17-,22+/m0/s1. The second-order valence-electron chi connectivity index (χ2n) is 8.74. The number of hydrogen-bond donors (Lipinski definition) is 2. The number of benzene rings is 1. The van der Waals surface area contributed by atoms with Crippen LogP contribution in [0.4, 0.5) is 0 Å². The maximum atomic E-state index is 13.0. The average Bonchev–Trinajstić information content (AvgIpc) is 3.73. The SMILES string of the molecule is COc1ccc(S(=O)(=O)N(CCO)CCO[C@H]2C[C@@H](C3CC3)C=C(C(=O)NC3CC3)O2)cc1. The molecule has 0 unspecified atom stereocenters. The van der Waals surface area contributed by atoms with Gasteiger partial charge in [-0.25, -0.2) is 8.42 Å². The third-order valence-corrected chi connectivity index (χ3v) is 8.06. The summed E-state index contributed by atoms with van der Waals surface area (Å²) in [6, 6.07) is 6.33. The largest absolute Gasteiger partial charge is 0.497 e. The number of carbonyl (C=O) groups excluding carboxylic acids is 1. The Balaban J connectivity index is 1.36. The molecule has 33 heavy (non-hydrogen) atoms. The Morgan fingerprint density at radius 1 is 1.18 bits per heavy atom. The van der Waals surface area contributed by atoms with Crippen LogP contribution in [0.5, 0.6) is 5.75 Å². The maximum Gasteiger partial charge on any atom is 0.286 e. The predicted molar refractivity (Wildman–Crippen MR) is 120 cm³/mol. The predicted octanol–water partition coefficient (Wildman–Crippen LogP) is 1.63. The number of allylic oxidation sites excluding steroid dienone is 1. The van der Waals surface area contributed by atoms with Gasteiger partial charge in [-0.15, -0.1) is 0 Å². The molecule has 0 bridgehead atoms. The van der Waals surface area contributed by atoms with E-state index in [0.717, 1.165) is 25.7 Å². The maximum absolute atomic E-state index is 13.0. The highest BCUT2D eigenvalue weighted by atomic mass is 32.2. The molecule has 0 aromatic heterocycles. The summed E-state index contributed by atoms with van der Waals surface area (Å²) in [7, 11) is -2.30. The summed E-state index contributed by atoms with van der Waals surface area (Å²) in [6.07, 6.45) is 6.20. The number of methoxy groups -OCH3 is 1. The number of ether oxygens (including phenoxy) is 3. The molecule has 2 saturated carbocycles. The molecule has 1 heterocycles. The number of rotatable bonds is 12. The van der Waals surface area contributed by atoms with Gasteiger partial charge in [-0.3, -0.25) is 4.79 Å². The van der Waals surface area contributed by atoms with Crippen LogP contribution in [0.1, 0.15) is 32.1 Å². The van der Waals surface area contributed by atoms with Crippen LogP contribution in [-0.4, -0.2) is 69.5 Å². The third-order valence-electron chi connectivity index (χ3n) is 6.14. The quantitative estimate of drug-likeness (QED) is 0.467. The van der Waals surface area contributed by atoms with E-state index in [1.807, 2.05) is 6.08 Å². The Morgan fingerprint density at radius 2 is 1.91 bits per heavy atom. The summed E-state index contributed by atoms with van der Waals surface area (Å²) >= 11 is 0. The molecule has 1 aromatic rings. The van der Waals surface area contributed by atoms with Crippen molar-refractivity contribution in [1.29, 1.82) is 0 Å². The molecule has 2 atom stereocenters. The smallest absolute Gasteiger partial charge is 0.286 e. The van der Waals surface area contributed by atoms with Gasteiger partial charge in [0.05, 0.1) is 25.2 Å². The Labute approximate surface area is 194 Å². The zero-order valence-electron chi connectivity index (χ0n) is 18.8. The summed E-state index contributed by atoms with van der Waals surface area (Å²) in [5.74, 6) is 1.42. The first kappa shape index (κ1) is 24.0. The van der Waals surface area contributed by atoms with Gasteiger partial charge < -0.3 is 24.6 Å². The van der Waals surface area contributed by atoms with Gasteiger partial charge in [0.15, 0.2) is 5.76 Å². The number of amides is 1. The van der Waals surface area contributed by atoms with E-state index in [4.69, 9.17) is 14.2 Å². The molecule has 2 N–H and O–H groups in total. The van der Waals surface area contributed by atoms with Gasteiger partial charge in [0.1, 0.15) is 5.75 Å². The van der Waals surface area contributed by atoms with Crippen molar-refractivity contribution in [3.8, 4) is 5.75 Å². The molecule has 1 amide bonds. The van der Waals surface area contributed by atoms with Crippen LogP contribution in [0.15, 0.2) is 41.0 Å². The molecule has 182 valence electrons. The number of aliphatic hydroxyl groups is 1. The molecule has 3 aliphatic rings. The van der Waals surface area contributed by atoms with Gasteiger partial charge in [0, 0.05) is 25.6 Å². The number of nitrogens with zero attached hydrogens (tertiary/aromatic N) is 1. The monoisotopic (exact) mass is 480 g/mol. The Bertz CT molecular complexity index is 956. The zero-order valence-corrected chi connectivity index (χ0v) is 19.6. The van der Waals surface area contributed by atoms with Gasteiger partial charge in [0.2, 0.25) is 16.3 Å². The van der Waals surface area contributed by atoms with Crippen molar-refractivity contribution in [3.05, 3.63) is 36.1 Å². The Kier molecular flexibility index (Phi) is 7.58. The molecular formula is C23H32N2O7S. The molecule has 10 heteroatoms. The van der Waals surface area contributed by atoms with E-state index >= 15 is 0 Å². The first-order valence-corrected chi connectivity index (χ1v) is 12.9. The molecule has 0 spiro atoms. The topological polar surface area (TPSA) is 114 Å².